The fourth-order valence-corrected chi connectivity index (χ4v) is 5.01. The van der Waals surface area contributed by atoms with E-state index in [1.54, 1.807) is 16.8 Å². The van der Waals surface area contributed by atoms with Gasteiger partial charge in [-0.3, -0.25) is 4.68 Å². The third kappa shape index (κ3) is 3.68. The van der Waals surface area contributed by atoms with Crippen molar-refractivity contribution < 1.29 is 0 Å². The molecular formula is C23H19N7S. The van der Waals surface area contributed by atoms with E-state index in [2.05, 4.69) is 39.9 Å². The van der Waals surface area contributed by atoms with Crippen molar-refractivity contribution in [2.45, 2.75) is 28.7 Å². The lowest BCUT2D eigenvalue weighted by Gasteiger charge is -2.22. The smallest absolute Gasteiger partial charge is 0.103 e. The van der Waals surface area contributed by atoms with Gasteiger partial charge in [0.25, 0.3) is 0 Å². The number of fused-ring (bicyclic) bond motifs is 1. The third-order valence-corrected chi connectivity index (χ3v) is 6.61. The SMILES string of the molecule is N#Cc1ccccc1Sc1cc(-c2cnn(C3CCCNC3)c2)cn2ncc(C#N)c12. The van der Waals surface area contributed by atoms with E-state index < -0.39 is 0 Å². The Balaban J connectivity index is 1.59. The maximum atomic E-state index is 9.57. The number of piperidine rings is 1. The molecule has 1 atom stereocenters. The summed E-state index contributed by atoms with van der Waals surface area (Å²) in [5.74, 6) is 0. The normalized spacial score (nSPS) is 16.1. The molecule has 0 spiro atoms. The molecule has 3 aromatic heterocycles. The summed E-state index contributed by atoms with van der Waals surface area (Å²) < 4.78 is 3.78. The van der Waals surface area contributed by atoms with Gasteiger partial charge >= 0.3 is 0 Å². The molecule has 152 valence electrons. The summed E-state index contributed by atoms with van der Waals surface area (Å²) in [7, 11) is 0. The summed E-state index contributed by atoms with van der Waals surface area (Å²) in [6.45, 7) is 1.99. The van der Waals surface area contributed by atoms with Gasteiger partial charge in [0, 0.05) is 39.9 Å². The maximum Gasteiger partial charge on any atom is 0.103 e. The second-order valence-corrected chi connectivity index (χ2v) is 8.56. The largest absolute Gasteiger partial charge is 0.315 e. The van der Waals surface area contributed by atoms with Gasteiger partial charge in [-0.25, -0.2) is 4.52 Å². The molecule has 4 heterocycles. The fraction of sp³-hybridized carbons (Fsp3) is 0.217. The molecular weight excluding hydrogens is 406 g/mol. The molecule has 0 amide bonds. The Morgan fingerprint density at radius 3 is 2.68 bits per heavy atom. The van der Waals surface area contributed by atoms with E-state index in [9.17, 15) is 10.5 Å². The molecule has 1 saturated heterocycles. The van der Waals surface area contributed by atoms with Gasteiger partial charge in [-0.15, -0.1) is 0 Å². The van der Waals surface area contributed by atoms with Crippen molar-refractivity contribution >= 4 is 17.3 Å². The van der Waals surface area contributed by atoms with E-state index in [0.29, 0.717) is 17.2 Å². The molecule has 31 heavy (non-hydrogen) atoms. The van der Waals surface area contributed by atoms with Crippen molar-refractivity contribution in [2.24, 2.45) is 0 Å². The lowest BCUT2D eigenvalue weighted by atomic mass is 10.1. The summed E-state index contributed by atoms with van der Waals surface area (Å²) in [5.41, 5.74) is 3.82. The van der Waals surface area contributed by atoms with Crippen LogP contribution in [0.2, 0.25) is 0 Å². The molecule has 1 aliphatic rings. The standard InChI is InChI=1S/C23H19N7S/c24-9-16-4-1-2-6-21(16)31-22-8-17(14-30-23(22)18(10-25)11-28-30)19-12-27-29(15-19)20-5-3-7-26-13-20/h1-2,4,6,8,11-12,14-15,20,26H,3,5,7,13H2. The van der Waals surface area contributed by atoms with E-state index in [-0.39, 0.29) is 0 Å². The summed E-state index contributed by atoms with van der Waals surface area (Å²) in [5, 5.41) is 31.5. The molecule has 8 heteroatoms. The Labute approximate surface area is 183 Å². The van der Waals surface area contributed by atoms with E-state index in [0.717, 1.165) is 52.4 Å². The highest BCUT2D eigenvalue weighted by atomic mass is 32.2. The second-order valence-electron chi connectivity index (χ2n) is 7.48. The number of hydrogen-bond acceptors (Lipinski definition) is 6. The van der Waals surface area contributed by atoms with E-state index in [1.807, 2.05) is 35.3 Å². The molecule has 7 nitrogen and oxygen atoms in total. The van der Waals surface area contributed by atoms with Crippen LogP contribution in [0.15, 0.2) is 64.9 Å². The minimum absolute atomic E-state index is 0.359. The van der Waals surface area contributed by atoms with Crippen LogP contribution in [-0.2, 0) is 0 Å². The predicted molar refractivity (Wildman–Crippen MR) is 118 cm³/mol. The minimum atomic E-state index is 0.359. The maximum absolute atomic E-state index is 9.57. The Hall–Kier alpha value is -3.59. The zero-order valence-electron chi connectivity index (χ0n) is 16.7. The topological polar surface area (TPSA) is 94.7 Å². The van der Waals surface area contributed by atoms with Crippen LogP contribution in [0.4, 0.5) is 0 Å². The fourth-order valence-electron chi connectivity index (χ4n) is 3.91. The monoisotopic (exact) mass is 425 g/mol. The van der Waals surface area contributed by atoms with Crippen LogP contribution in [0.3, 0.4) is 0 Å². The third-order valence-electron chi connectivity index (χ3n) is 5.50. The highest BCUT2D eigenvalue weighted by Crippen LogP contribution is 2.37. The molecule has 1 aromatic carbocycles. The Kier molecular flexibility index (Phi) is 5.17. The van der Waals surface area contributed by atoms with Crippen LogP contribution in [0.1, 0.15) is 30.0 Å². The summed E-state index contributed by atoms with van der Waals surface area (Å²) >= 11 is 1.47. The molecule has 4 aromatic rings. The first kappa shape index (κ1) is 19.4. The average molecular weight is 426 g/mol. The van der Waals surface area contributed by atoms with Gasteiger partial charge in [-0.05, 0) is 37.6 Å². The lowest BCUT2D eigenvalue weighted by Crippen LogP contribution is -2.31. The van der Waals surface area contributed by atoms with Gasteiger partial charge in [-0.2, -0.15) is 20.7 Å². The van der Waals surface area contributed by atoms with Gasteiger partial charge in [-0.1, -0.05) is 23.9 Å². The quantitative estimate of drug-likeness (QED) is 0.531. The molecule has 1 aliphatic heterocycles. The number of rotatable bonds is 4. The van der Waals surface area contributed by atoms with E-state index in [4.69, 9.17) is 0 Å². The molecule has 0 bridgehead atoms. The Morgan fingerprint density at radius 1 is 1.00 bits per heavy atom. The van der Waals surface area contributed by atoms with E-state index >= 15 is 0 Å². The summed E-state index contributed by atoms with van der Waals surface area (Å²) in [4.78, 5) is 1.72. The molecule has 1 N–H and O–H groups in total. The van der Waals surface area contributed by atoms with Crippen LogP contribution in [0.5, 0.6) is 0 Å². The van der Waals surface area contributed by atoms with Crippen molar-refractivity contribution in [3.8, 4) is 23.3 Å². The van der Waals surface area contributed by atoms with Crippen LogP contribution >= 0.6 is 11.8 Å². The lowest BCUT2D eigenvalue weighted by molar-refractivity contribution is 0.347. The molecule has 1 unspecified atom stereocenters. The number of nitrogens with one attached hydrogen (secondary N) is 1. The first-order valence-corrected chi connectivity index (χ1v) is 10.9. The Morgan fingerprint density at radius 2 is 1.87 bits per heavy atom. The van der Waals surface area contributed by atoms with Crippen molar-refractivity contribution in [3.63, 3.8) is 0 Å². The highest BCUT2D eigenvalue weighted by molar-refractivity contribution is 7.99. The zero-order valence-corrected chi connectivity index (χ0v) is 17.5. The zero-order chi connectivity index (χ0) is 21.2. The average Bonchev–Trinajstić information content (AvgIpc) is 3.47. The van der Waals surface area contributed by atoms with Crippen molar-refractivity contribution in [2.75, 3.05) is 13.1 Å². The van der Waals surface area contributed by atoms with Crippen LogP contribution in [0, 0.1) is 22.7 Å². The van der Waals surface area contributed by atoms with Crippen molar-refractivity contribution in [1.29, 1.82) is 10.5 Å². The number of nitrogens with zero attached hydrogens (tertiary/aromatic N) is 6. The number of nitriles is 2. The van der Waals surface area contributed by atoms with Crippen molar-refractivity contribution in [3.05, 3.63) is 66.2 Å². The van der Waals surface area contributed by atoms with Gasteiger partial charge in [0.05, 0.1) is 35.1 Å². The number of hydrogen-bond donors (Lipinski definition) is 1. The van der Waals surface area contributed by atoms with Crippen molar-refractivity contribution in [1.82, 2.24) is 24.7 Å². The highest BCUT2D eigenvalue weighted by Gasteiger charge is 2.18. The van der Waals surface area contributed by atoms with E-state index in [1.165, 1.54) is 11.8 Å². The minimum Gasteiger partial charge on any atom is -0.315 e. The number of aromatic nitrogens is 4. The van der Waals surface area contributed by atoms with Gasteiger partial charge in [0.15, 0.2) is 0 Å². The molecule has 0 saturated carbocycles. The summed E-state index contributed by atoms with van der Waals surface area (Å²) in [6.07, 6.45) is 9.72. The predicted octanol–water partition coefficient (Wildman–Crippen LogP) is 4.02. The van der Waals surface area contributed by atoms with Gasteiger partial charge in [0.1, 0.15) is 12.1 Å². The molecule has 1 fully saturated rings. The van der Waals surface area contributed by atoms with Gasteiger partial charge in [0.2, 0.25) is 0 Å². The summed E-state index contributed by atoms with van der Waals surface area (Å²) in [6, 6.07) is 14.4. The molecule has 5 rings (SSSR count). The first-order chi connectivity index (χ1) is 15.3. The molecule has 0 radical (unpaired) electrons. The van der Waals surface area contributed by atoms with Gasteiger partial charge < -0.3 is 5.32 Å². The number of benzene rings is 1. The Bertz CT molecular complexity index is 1330. The first-order valence-electron chi connectivity index (χ1n) is 10.1. The second kappa shape index (κ2) is 8.27. The van der Waals surface area contributed by atoms with Crippen LogP contribution in [-0.4, -0.2) is 32.5 Å². The molecule has 0 aliphatic carbocycles. The number of pyridine rings is 1. The van der Waals surface area contributed by atoms with Crippen LogP contribution < -0.4 is 5.32 Å². The van der Waals surface area contributed by atoms with Crippen LogP contribution in [0.25, 0.3) is 16.6 Å².